The van der Waals surface area contributed by atoms with Crippen molar-refractivity contribution >= 4 is 35.0 Å². The largest absolute Gasteiger partial charge is 0.326 e. The van der Waals surface area contributed by atoms with Crippen LogP contribution in [0.2, 0.25) is 0 Å². The van der Waals surface area contributed by atoms with Gasteiger partial charge in [-0.3, -0.25) is 14.5 Å². The minimum Gasteiger partial charge on any atom is -0.326 e. The monoisotopic (exact) mass is 386 g/mol. The number of amides is 2. The molecule has 0 aliphatic carbocycles. The van der Waals surface area contributed by atoms with Crippen molar-refractivity contribution in [2.75, 3.05) is 16.0 Å². The Morgan fingerprint density at radius 1 is 1.19 bits per heavy atom. The van der Waals surface area contributed by atoms with E-state index in [-0.39, 0.29) is 17.2 Å². The second kappa shape index (κ2) is 7.35. The number of hydrogen-bond donors (Lipinski definition) is 1. The van der Waals surface area contributed by atoms with E-state index in [0.29, 0.717) is 17.1 Å². The van der Waals surface area contributed by atoms with E-state index in [9.17, 15) is 14.0 Å². The molecule has 1 N–H and O–H groups in total. The molecule has 0 bridgehead atoms. The number of nitrogens with zero attached hydrogens (tertiary/aromatic N) is 1. The molecule has 0 radical (unpaired) electrons. The molecule has 2 amide bonds. The Hall–Kier alpha value is -2.34. The molecule has 3 rings (SSSR count). The second-order valence-electron chi connectivity index (χ2n) is 7.71. The van der Waals surface area contributed by atoms with Gasteiger partial charge in [0.1, 0.15) is 11.2 Å². The van der Waals surface area contributed by atoms with Crippen molar-refractivity contribution in [3.05, 3.63) is 59.4 Å². The van der Waals surface area contributed by atoms with Crippen LogP contribution in [0.4, 0.5) is 15.8 Å². The van der Waals surface area contributed by atoms with Gasteiger partial charge in [0.25, 0.3) is 0 Å². The highest BCUT2D eigenvalue weighted by atomic mass is 32.2. The predicted molar refractivity (Wildman–Crippen MR) is 108 cm³/mol. The maximum Gasteiger partial charge on any atom is 0.238 e. The number of rotatable bonds is 3. The smallest absolute Gasteiger partial charge is 0.238 e. The lowest BCUT2D eigenvalue weighted by atomic mass is 9.95. The Morgan fingerprint density at radius 2 is 1.85 bits per heavy atom. The molecule has 6 heteroatoms. The first-order chi connectivity index (χ1) is 12.7. The Kier molecular flexibility index (Phi) is 5.29. The van der Waals surface area contributed by atoms with Gasteiger partial charge in [-0.2, -0.15) is 0 Å². The molecule has 0 saturated carbocycles. The minimum absolute atomic E-state index is 0.0656. The lowest BCUT2D eigenvalue weighted by Crippen LogP contribution is -2.29. The van der Waals surface area contributed by atoms with Gasteiger partial charge in [0.15, 0.2) is 0 Å². The average molecular weight is 386 g/mol. The van der Waals surface area contributed by atoms with Crippen LogP contribution < -0.4 is 10.2 Å². The number of hydrogen-bond acceptors (Lipinski definition) is 3. The quantitative estimate of drug-likeness (QED) is 0.816. The van der Waals surface area contributed by atoms with E-state index >= 15 is 0 Å². The first kappa shape index (κ1) is 19.4. The van der Waals surface area contributed by atoms with Gasteiger partial charge in [0, 0.05) is 11.1 Å². The topological polar surface area (TPSA) is 49.4 Å². The van der Waals surface area contributed by atoms with Crippen LogP contribution in [0, 0.1) is 18.2 Å². The maximum absolute atomic E-state index is 14.4. The second-order valence-corrected chi connectivity index (χ2v) is 8.78. The summed E-state index contributed by atoms with van der Waals surface area (Å²) in [6, 6.07) is 12.1. The van der Waals surface area contributed by atoms with Gasteiger partial charge in [0.05, 0.1) is 11.4 Å². The lowest BCUT2D eigenvalue weighted by molar-refractivity contribution is -0.123. The summed E-state index contributed by atoms with van der Waals surface area (Å²) in [7, 11) is 0. The molecule has 1 aliphatic rings. The maximum atomic E-state index is 14.4. The molecule has 1 heterocycles. The van der Waals surface area contributed by atoms with Crippen LogP contribution in [0.15, 0.2) is 42.5 Å². The highest BCUT2D eigenvalue weighted by Gasteiger charge is 2.35. The fourth-order valence-electron chi connectivity index (χ4n) is 2.79. The number of anilines is 2. The van der Waals surface area contributed by atoms with Gasteiger partial charge in [0.2, 0.25) is 11.8 Å². The van der Waals surface area contributed by atoms with Crippen molar-refractivity contribution < 1.29 is 14.0 Å². The number of benzene rings is 2. The van der Waals surface area contributed by atoms with Crippen molar-refractivity contribution in [2.24, 2.45) is 5.41 Å². The summed E-state index contributed by atoms with van der Waals surface area (Å²) in [5.41, 5.74) is 2.31. The molecule has 1 saturated heterocycles. The van der Waals surface area contributed by atoms with Gasteiger partial charge in [-0.1, -0.05) is 39.0 Å². The standard InChI is InChI=1S/C21H23FN2O2S/c1-13-5-10-16(22)17(11-13)24-18(25)12-27-19(24)14-6-8-15(9-7-14)23-20(26)21(2,3)4/h5-11,19H,12H2,1-4H3,(H,23,26)/t19-/m1/s1. The van der Waals surface area contributed by atoms with E-state index in [1.54, 1.807) is 12.1 Å². The molecule has 1 atom stereocenters. The zero-order valence-electron chi connectivity index (χ0n) is 15.9. The van der Waals surface area contributed by atoms with E-state index in [4.69, 9.17) is 0 Å². The van der Waals surface area contributed by atoms with Crippen molar-refractivity contribution in [1.82, 2.24) is 0 Å². The van der Waals surface area contributed by atoms with Gasteiger partial charge in [-0.05, 0) is 42.3 Å². The van der Waals surface area contributed by atoms with E-state index in [0.717, 1.165) is 11.1 Å². The number of carbonyl (C=O) groups is 2. The van der Waals surface area contributed by atoms with Crippen molar-refractivity contribution in [3.63, 3.8) is 0 Å². The Bertz CT molecular complexity index is 875. The predicted octanol–water partition coefficient (Wildman–Crippen LogP) is 4.90. The molecule has 4 nitrogen and oxygen atoms in total. The van der Waals surface area contributed by atoms with E-state index in [1.165, 1.54) is 22.7 Å². The van der Waals surface area contributed by atoms with Gasteiger partial charge in [-0.15, -0.1) is 11.8 Å². The van der Waals surface area contributed by atoms with Gasteiger partial charge < -0.3 is 5.32 Å². The lowest BCUT2D eigenvalue weighted by Gasteiger charge is -2.25. The molecule has 27 heavy (non-hydrogen) atoms. The molecular formula is C21H23FN2O2S. The van der Waals surface area contributed by atoms with E-state index < -0.39 is 11.2 Å². The minimum atomic E-state index is -0.480. The molecule has 0 spiro atoms. The van der Waals surface area contributed by atoms with Crippen LogP contribution in [-0.2, 0) is 9.59 Å². The fraction of sp³-hybridized carbons (Fsp3) is 0.333. The first-order valence-corrected chi connectivity index (χ1v) is 9.83. The van der Waals surface area contributed by atoms with Crippen molar-refractivity contribution in [3.8, 4) is 0 Å². The Labute approximate surface area is 163 Å². The summed E-state index contributed by atoms with van der Waals surface area (Å²) in [6.45, 7) is 7.43. The average Bonchev–Trinajstić information content (AvgIpc) is 2.98. The van der Waals surface area contributed by atoms with Gasteiger partial charge >= 0.3 is 0 Å². The highest BCUT2D eigenvalue weighted by Crippen LogP contribution is 2.43. The molecular weight excluding hydrogens is 363 g/mol. The zero-order chi connectivity index (χ0) is 19.8. The highest BCUT2D eigenvalue weighted by molar-refractivity contribution is 8.00. The van der Waals surface area contributed by atoms with Crippen LogP contribution >= 0.6 is 11.8 Å². The SMILES string of the molecule is Cc1ccc(F)c(N2C(=O)CS[C@@H]2c2ccc(NC(=O)C(C)(C)C)cc2)c1. The van der Waals surface area contributed by atoms with Crippen LogP contribution in [0.25, 0.3) is 0 Å². The van der Waals surface area contributed by atoms with E-state index in [1.807, 2.05) is 52.0 Å². The summed E-state index contributed by atoms with van der Waals surface area (Å²) >= 11 is 1.47. The number of nitrogens with one attached hydrogen (secondary N) is 1. The van der Waals surface area contributed by atoms with Crippen molar-refractivity contribution in [2.45, 2.75) is 33.1 Å². The fourth-order valence-corrected chi connectivity index (χ4v) is 3.96. The van der Waals surface area contributed by atoms with Crippen LogP contribution in [0.3, 0.4) is 0 Å². The molecule has 1 aliphatic heterocycles. The van der Waals surface area contributed by atoms with Crippen molar-refractivity contribution in [1.29, 1.82) is 0 Å². The number of carbonyl (C=O) groups excluding carboxylic acids is 2. The zero-order valence-corrected chi connectivity index (χ0v) is 16.7. The molecule has 142 valence electrons. The third kappa shape index (κ3) is 4.16. The summed E-state index contributed by atoms with van der Waals surface area (Å²) in [4.78, 5) is 26.1. The Balaban J connectivity index is 1.86. The van der Waals surface area contributed by atoms with Crippen LogP contribution in [0.5, 0.6) is 0 Å². The summed E-state index contributed by atoms with van der Waals surface area (Å²) < 4.78 is 14.4. The third-order valence-corrected chi connectivity index (χ3v) is 5.58. The van der Waals surface area contributed by atoms with Gasteiger partial charge in [-0.25, -0.2) is 4.39 Å². The Morgan fingerprint density at radius 3 is 2.48 bits per heavy atom. The number of thioether (sulfide) groups is 1. The first-order valence-electron chi connectivity index (χ1n) is 8.78. The third-order valence-electron chi connectivity index (χ3n) is 4.36. The number of aryl methyl sites for hydroxylation is 1. The molecule has 2 aromatic carbocycles. The molecule has 0 unspecified atom stereocenters. The molecule has 1 fully saturated rings. The summed E-state index contributed by atoms with van der Waals surface area (Å²) in [5, 5.41) is 2.59. The van der Waals surface area contributed by atoms with Crippen LogP contribution in [0.1, 0.15) is 37.3 Å². The van der Waals surface area contributed by atoms with E-state index in [2.05, 4.69) is 5.32 Å². The molecule has 2 aromatic rings. The van der Waals surface area contributed by atoms with Crippen LogP contribution in [-0.4, -0.2) is 17.6 Å². The summed E-state index contributed by atoms with van der Waals surface area (Å²) in [5.74, 6) is -0.278. The normalized spacial score (nSPS) is 17.3. The number of halogens is 1. The summed E-state index contributed by atoms with van der Waals surface area (Å²) in [6.07, 6.45) is 0. The molecule has 0 aromatic heterocycles.